The Morgan fingerprint density at radius 1 is 1.14 bits per heavy atom. The smallest absolute Gasteiger partial charge is 0.314 e. The van der Waals surface area contributed by atoms with Gasteiger partial charge in [0, 0.05) is 13.1 Å². The summed E-state index contributed by atoms with van der Waals surface area (Å²) in [4.78, 5) is 14.0. The maximum atomic E-state index is 11.9. The van der Waals surface area contributed by atoms with Gasteiger partial charge in [-0.1, -0.05) is 51.1 Å². The van der Waals surface area contributed by atoms with Gasteiger partial charge in [0.05, 0.1) is 12.1 Å². The molecule has 1 aromatic carbocycles. The lowest BCUT2D eigenvalue weighted by atomic mass is 9.89. The van der Waals surface area contributed by atoms with E-state index in [0.717, 1.165) is 5.56 Å². The minimum absolute atomic E-state index is 0.111. The second kappa shape index (κ2) is 8.15. The molecule has 0 spiro atoms. The predicted molar refractivity (Wildman–Crippen MR) is 89.7 cm³/mol. The first kappa shape index (κ1) is 18.5. The van der Waals surface area contributed by atoms with E-state index in [4.69, 9.17) is 0 Å². The number of aliphatic hydroxyl groups is 1. The molecule has 3 N–H and O–H groups in total. The van der Waals surface area contributed by atoms with Crippen molar-refractivity contribution in [3.05, 3.63) is 35.9 Å². The van der Waals surface area contributed by atoms with Crippen LogP contribution in [0.25, 0.3) is 0 Å². The molecular formula is C17H29N3O2. The SMILES string of the molecule is CN(C)C(CNC(=O)NCC(O)C(C)(C)C)c1ccccc1. The highest BCUT2D eigenvalue weighted by Gasteiger charge is 2.22. The summed E-state index contributed by atoms with van der Waals surface area (Å²) in [5.41, 5.74) is 0.909. The molecule has 0 bridgehead atoms. The Labute approximate surface area is 133 Å². The first-order valence-electron chi connectivity index (χ1n) is 7.63. The van der Waals surface area contributed by atoms with Gasteiger partial charge in [0.2, 0.25) is 0 Å². The Balaban J connectivity index is 2.47. The fraction of sp³-hybridized carbons (Fsp3) is 0.588. The number of amides is 2. The first-order valence-corrected chi connectivity index (χ1v) is 7.63. The van der Waals surface area contributed by atoms with E-state index in [1.54, 1.807) is 0 Å². The van der Waals surface area contributed by atoms with Gasteiger partial charge in [-0.05, 0) is 25.1 Å². The van der Waals surface area contributed by atoms with Gasteiger partial charge in [-0.2, -0.15) is 0 Å². The van der Waals surface area contributed by atoms with Gasteiger partial charge in [-0.25, -0.2) is 4.79 Å². The Kier molecular flexibility index (Phi) is 6.84. The van der Waals surface area contributed by atoms with Gasteiger partial charge in [0.25, 0.3) is 0 Å². The van der Waals surface area contributed by atoms with Crippen molar-refractivity contribution in [3.63, 3.8) is 0 Å². The molecule has 0 aliphatic carbocycles. The lowest BCUT2D eigenvalue weighted by Crippen LogP contribution is -2.45. The molecule has 0 aliphatic heterocycles. The summed E-state index contributed by atoms with van der Waals surface area (Å²) in [5.74, 6) is 0. The largest absolute Gasteiger partial charge is 0.391 e. The number of hydrogen-bond acceptors (Lipinski definition) is 3. The Hall–Kier alpha value is -1.59. The van der Waals surface area contributed by atoms with Gasteiger partial charge in [0.1, 0.15) is 0 Å². The molecule has 2 atom stereocenters. The highest BCUT2D eigenvalue weighted by atomic mass is 16.3. The molecule has 0 saturated carbocycles. The summed E-state index contributed by atoms with van der Waals surface area (Å²) in [7, 11) is 3.97. The van der Waals surface area contributed by atoms with Gasteiger partial charge in [-0.15, -0.1) is 0 Å². The summed E-state index contributed by atoms with van der Waals surface area (Å²) in [6.07, 6.45) is -0.572. The minimum Gasteiger partial charge on any atom is -0.391 e. The van der Waals surface area contributed by atoms with Crippen LogP contribution in [-0.2, 0) is 0 Å². The number of nitrogens with zero attached hydrogens (tertiary/aromatic N) is 1. The summed E-state index contributed by atoms with van der Waals surface area (Å²) in [5, 5.41) is 15.5. The van der Waals surface area contributed by atoms with Crippen molar-refractivity contribution < 1.29 is 9.90 Å². The normalized spacial score (nSPS) is 14.5. The molecule has 0 heterocycles. The van der Waals surface area contributed by atoms with Gasteiger partial charge in [-0.3, -0.25) is 0 Å². The zero-order chi connectivity index (χ0) is 16.8. The number of nitrogens with one attached hydrogen (secondary N) is 2. The zero-order valence-corrected chi connectivity index (χ0v) is 14.3. The molecule has 5 nitrogen and oxygen atoms in total. The molecule has 124 valence electrons. The molecule has 22 heavy (non-hydrogen) atoms. The Morgan fingerprint density at radius 3 is 2.18 bits per heavy atom. The molecule has 0 saturated heterocycles. The van der Waals surface area contributed by atoms with Crippen LogP contribution in [0, 0.1) is 5.41 Å². The van der Waals surface area contributed by atoms with Crippen molar-refractivity contribution in [2.45, 2.75) is 32.9 Å². The highest BCUT2D eigenvalue weighted by Crippen LogP contribution is 2.18. The fourth-order valence-corrected chi connectivity index (χ4v) is 2.02. The molecule has 2 unspecified atom stereocenters. The number of benzene rings is 1. The zero-order valence-electron chi connectivity index (χ0n) is 14.3. The van der Waals surface area contributed by atoms with E-state index in [-0.39, 0.29) is 24.0 Å². The van der Waals surface area contributed by atoms with Gasteiger partial charge < -0.3 is 20.6 Å². The Morgan fingerprint density at radius 2 is 1.68 bits per heavy atom. The lowest BCUT2D eigenvalue weighted by molar-refractivity contribution is 0.0649. The fourth-order valence-electron chi connectivity index (χ4n) is 2.02. The molecular weight excluding hydrogens is 278 g/mol. The third-order valence-electron chi connectivity index (χ3n) is 3.72. The number of urea groups is 1. The quantitative estimate of drug-likeness (QED) is 0.753. The van der Waals surface area contributed by atoms with Crippen LogP contribution in [0.4, 0.5) is 4.79 Å². The van der Waals surface area contributed by atoms with Crippen LogP contribution in [0.3, 0.4) is 0 Å². The molecule has 0 aromatic heterocycles. The van der Waals surface area contributed by atoms with Crippen LogP contribution < -0.4 is 10.6 Å². The molecule has 5 heteroatoms. The van der Waals surface area contributed by atoms with Crippen molar-refractivity contribution in [2.75, 3.05) is 27.2 Å². The maximum absolute atomic E-state index is 11.9. The maximum Gasteiger partial charge on any atom is 0.314 e. The third kappa shape index (κ3) is 6.03. The number of aliphatic hydroxyl groups excluding tert-OH is 1. The first-order chi connectivity index (χ1) is 10.2. The summed E-state index contributed by atoms with van der Waals surface area (Å²) < 4.78 is 0. The van der Waals surface area contributed by atoms with Crippen molar-refractivity contribution in [3.8, 4) is 0 Å². The standard InChI is InChI=1S/C17H29N3O2/c1-17(2,3)15(21)12-19-16(22)18-11-14(20(4)5)13-9-7-6-8-10-13/h6-10,14-15,21H,11-12H2,1-5H3,(H2,18,19,22). The molecule has 0 fully saturated rings. The molecule has 0 aliphatic rings. The van der Waals surface area contributed by atoms with E-state index < -0.39 is 6.10 Å². The average molecular weight is 307 g/mol. The molecule has 2 amide bonds. The number of likely N-dealkylation sites (N-methyl/N-ethyl adjacent to an activating group) is 1. The van der Waals surface area contributed by atoms with Crippen LogP contribution in [0.15, 0.2) is 30.3 Å². The van der Waals surface area contributed by atoms with E-state index in [1.807, 2.05) is 65.2 Å². The number of carbonyl (C=O) groups excluding carboxylic acids is 1. The van der Waals surface area contributed by atoms with Crippen LogP contribution in [0.5, 0.6) is 0 Å². The molecule has 0 radical (unpaired) electrons. The van der Waals surface area contributed by atoms with Crippen LogP contribution in [-0.4, -0.2) is 49.3 Å². The van der Waals surface area contributed by atoms with E-state index in [2.05, 4.69) is 15.5 Å². The van der Waals surface area contributed by atoms with Crippen molar-refractivity contribution in [2.24, 2.45) is 5.41 Å². The van der Waals surface area contributed by atoms with Crippen LogP contribution in [0.1, 0.15) is 32.4 Å². The second-order valence-corrected chi connectivity index (χ2v) is 6.86. The second-order valence-electron chi connectivity index (χ2n) is 6.86. The molecule has 1 aromatic rings. The van der Waals surface area contributed by atoms with E-state index in [0.29, 0.717) is 6.54 Å². The lowest BCUT2D eigenvalue weighted by Gasteiger charge is -2.27. The number of hydrogen-bond donors (Lipinski definition) is 3. The number of carbonyl (C=O) groups is 1. The highest BCUT2D eigenvalue weighted by molar-refractivity contribution is 5.73. The van der Waals surface area contributed by atoms with Gasteiger partial charge >= 0.3 is 6.03 Å². The van der Waals surface area contributed by atoms with Crippen molar-refractivity contribution >= 4 is 6.03 Å². The van der Waals surface area contributed by atoms with Crippen LogP contribution >= 0.6 is 0 Å². The summed E-state index contributed by atoms with van der Waals surface area (Å²) in [6.45, 7) is 6.57. The Bertz CT molecular complexity index is 455. The number of rotatable bonds is 6. The van der Waals surface area contributed by atoms with Crippen LogP contribution in [0.2, 0.25) is 0 Å². The third-order valence-corrected chi connectivity index (χ3v) is 3.72. The van der Waals surface area contributed by atoms with E-state index >= 15 is 0 Å². The average Bonchev–Trinajstić information content (AvgIpc) is 2.44. The monoisotopic (exact) mass is 307 g/mol. The topological polar surface area (TPSA) is 64.6 Å². The summed E-state index contributed by atoms with van der Waals surface area (Å²) >= 11 is 0. The predicted octanol–water partition coefficient (Wildman–Crippen LogP) is 2.00. The van der Waals surface area contributed by atoms with Crippen molar-refractivity contribution in [1.82, 2.24) is 15.5 Å². The van der Waals surface area contributed by atoms with E-state index in [1.165, 1.54) is 0 Å². The van der Waals surface area contributed by atoms with E-state index in [9.17, 15) is 9.90 Å². The van der Waals surface area contributed by atoms with Crippen molar-refractivity contribution in [1.29, 1.82) is 0 Å². The summed E-state index contributed by atoms with van der Waals surface area (Å²) in [6, 6.07) is 9.91. The molecule has 1 rings (SSSR count). The minimum atomic E-state index is -0.572. The van der Waals surface area contributed by atoms with Gasteiger partial charge in [0.15, 0.2) is 0 Å².